The van der Waals surface area contributed by atoms with Gasteiger partial charge in [0.2, 0.25) is 5.91 Å². The second-order valence-electron chi connectivity index (χ2n) is 3.04. The van der Waals surface area contributed by atoms with E-state index in [1.54, 1.807) is 0 Å². The summed E-state index contributed by atoms with van der Waals surface area (Å²) in [4.78, 5) is 25.5. The Hall–Kier alpha value is -2.11. The highest BCUT2D eigenvalue weighted by molar-refractivity contribution is 5.87. The predicted octanol–water partition coefficient (Wildman–Crippen LogP) is 0.328. The number of carbonyl (C=O) groups is 2. The maximum absolute atomic E-state index is 11.1. The van der Waals surface area contributed by atoms with Crippen LogP contribution in [0.25, 0.3) is 0 Å². The van der Waals surface area contributed by atoms with E-state index in [1.807, 2.05) is 6.92 Å². The van der Waals surface area contributed by atoms with E-state index in [-0.39, 0.29) is 18.0 Å². The molecule has 6 nitrogen and oxygen atoms in total. The van der Waals surface area contributed by atoms with E-state index in [1.165, 1.54) is 18.3 Å². The molecule has 0 fully saturated rings. The molecule has 3 N–H and O–H groups in total. The highest BCUT2D eigenvalue weighted by Gasteiger charge is 2.03. The first kappa shape index (κ1) is 12.0. The van der Waals surface area contributed by atoms with Crippen LogP contribution in [-0.2, 0) is 4.79 Å². The number of nitrogens with zero attached hydrogens (tertiary/aromatic N) is 1. The number of likely N-dealkylation sites (N-methyl/N-ethyl adjacent to an activating group) is 1. The molecule has 0 radical (unpaired) electrons. The van der Waals surface area contributed by atoms with Crippen LogP contribution in [0, 0.1) is 0 Å². The molecule has 0 saturated carbocycles. The van der Waals surface area contributed by atoms with E-state index in [0.717, 1.165) is 0 Å². The molecule has 1 amide bonds. The van der Waals surface area contributed by atoms with E-state index >= 15 is 0 Å². The Labute approximate surface area is 92.7 Å². The van der Waals surface area contributed by atoms with Crippen molar-refractivity contribution in [3.05, 3.63) is 23.9 Å². The van der Waals surface area contributed by atoms with Gasteiger partial charge in [-0.25, -0.2) is 9.78 Å². The van der Waals surface area contributed by atoms with Gasteiger partial charge in [0.25, 0.3) is 0 Å². The van der Waals surface area contributed by atoms with E-state index in [0.29, 0.717) is 12.4 Å². The molecule has 1 rings (SSSR count). The topological polar surface area (TPSA) is 91.3 Å². The minimum Gasteiger partial charge on any atom is -0.478 e. The molecule has 0 aliphatic heterocycles. The highest BCUT2D eigenvalue weighted by Crippen LogP contribution is 2.04. The maximum Gasteiger partial charge on any atom is 0.337 e. The third kappa shape index (κ3) is 3.56. The lowest BCUT2D eigenvalue weighted by molar-refractivity contribution is -0.119. The zero-order chi connectivity index (χ0) is 12.0. The van der Waals surface area contributed by atoms with Crippen LogP contribution in [0.1, 0.15) is 17.3 Å². The van der Waals surface area contributed by atoms with Crippen LogP contribution in [0.5, 0.6) is 0 Å². The van der Waals surface area contributed by atoms with E-state index < -0.39 is 5.97 Å². The number of pyridine rings is 1. The van der Waals surface area contributed by atoms with Gasteiger partial charge in [-0.05, 0) is 19.1 Å². The number of aromatic nitrogens is 1. The Morgan fingerprint density at radius 3 is 2.69 bits per heavy atom. The van der Waals surface area contributed by atoms with Gasteiger partial charge in [-0.3, -0.25) is 4.79 Å². The van der Waals surface area contributed by atoms with Crippen molar-refractivity contribution in [2.45, 2.75) is 6.92 Å². The summed E-state index contributed by atoms with van der Waals surface area (Å²) in [5, 5.41) is 14.0. The molecule has 0 unspecified atom stereocenters. The van der Waals surface area contributed by atoms with Gasteiger partial charge in [-0.1, -0.05) is 0 Å². The molecule has 1 heterocycles. The summed E-state index contributed by atoms with van der Waals surface area (Å²) in [5.74, 6) is -0.689. The molecule has 1 aromatic heterocycles. The van der Waals surface area contributed by atoms with E-state index in [9.17, 15) is 9.59 Å². The third-order valence-corrected chi connectivity index (χ3v) is 1.81. The van der Waals surface area contributed by atoms with Crippen LogP contribution in [0.2, 0.25) is 0 Å². The molecule has 0 saturated heterocycles. The van der Waals surface area contributed by atoms with Gasteiger partial charge in [-0.2, -0.15) is 0 Å². The normalized spacial score (nSPS) is 9.56. The second-order valence-corrected chi connectivity index (χ2v) is 3.04. The van der Waals surface area contributed by atoms with E-state index in [2.05, 4.69) is 15.6 Å². The minimum absolute atomic E-state index is 0.114. The monoisotopic (exact) mass is 223 g/mol. The van der Waals surface area contributed by atoms with Crippen molar-refractivity contribution in [1.82, 2.24) is 10.3 Å². The van der Waals surface area contributed by atoms with Crippen molar-refractivity contribution in [1.29, 1.82) is 0 Å². The minimum atomic E-state index is -1.03. The highest BCUT2D eigenvalue weighted by atomic mass is 16.4. The van der Waals surface area contributed by atoms with Gasteiger partial charge in [-0.15, -0.1) is 0 Å². The summed E-state index contributed by atoms with van der Waals surface area (Å²) in [6, 6.07) is 2.94. The number of carboxylic acids is 1. The van der Waals surface area contributed by atoms with Crippen molar-refractivity contribution in [3.8, 4) is 0 Å². The average Bonchev–Trinajstić information content (AvgIpc) is 2.27. The molecule has 0 aliphatic rings. The molecule has 0 aromatic carbocycles. The fraction of sp³-hybridized carbons (Fsp3) is 0.300. The number of aromatic carboxylic acids is 1. The summed E-state index contributed by atoms with van der Waals surface area (Å²) in [6.07, 6.45) is 1.24. The summed E-state index contributed by atoms with van der Waals surface area (Å²) in [6.45, 7) is 2.52. The van der Waals surface area contributed by atoms with Gasteiger partial charge in [0.15, 0.2) is 0 Å². The lowest BCUT2D eigenvalue weighted by atomic mass is 10.3. The molecule has 16 heavy (non-hydrogen) atoms. The summed E-state index contributed by atoms with van der Waals surface area (Å²) < 4.78 is 0. The Morgan fingerprint density at radius 1 is 1.44 bits per heavy atom. The Kier molecular flexibility index (Phi) is 4.26. The fourth-order valence-corrected chi connectivity index (χ4v) is 1.06. The van der Waals surface area contributed by atoms with Crippen molar-refractivity contribution in [2.24, 2.45) is 0 Å². The Morgan fingerprint density at radius 2 is 2.19 bits per heavy atom. The Bertz CT molecular complexity index is 375. The van der Waals surface area contributed by atoms with Crippen LogP contribution >= 0.6 is 0 Å². The number of hydrogen-bond acceptors (Lipinski definition) is 4. The van der Waals surface area contributed by atoms with Crippen molar-refractivity contribution >= 4 is 17.7 Å². The number of carboxylic acid groups (broad SMARTS) is 1. The van der Waals surface area contributed by atoms with Gasteiger partial charge in [0, 0.05) is 12.7 Å². The smallest absolute Gasteiger partial charge is 0.337 e. The van der Waals surface area contributed by atoms with Gasteiger partial charge in [0.1, 0.15) is 5.82 Å². The van der Waals surface area contributed by atoms with E-state index in [4.69, 9.17) is 5.11 Å². The van der Waals surface area contributed by atoms with Crippen LogP contribution in [0.3, 0.4) is 0 Å². The molecule has 0 aliphatic carbocycles. The molecule has 86 valence electrons. The summed E-state index contributed by atoms with van der Waals surface area (Å²) in [7, 11) is 0. The number of hydrogen-bond donors (Lipinski definition) is 3. The standard InChI is InChI=1S/C10H13N3O3/c1-2-11-9(14)6-13-8-4-3-7(5-12-8)10(15)16/h3-5H,2,6H2,1H3,(H,11,14)(H,12,13)(H,15,16). The predicted molar refractivity (Wildman–Crippen MR) is 58.4 cm³/mol. The number of carbonyl (C=O) groups excluding carboxylic acids is 1. The average molecular weight is 223 g/mol. The molecule has 0 bridgehead atoms. The van der Waals surface area contributed by atoms with Crippen LogP contribution in [0.4, 0.5) is 5.82 Å². The number of nitrogens with one attached hydrogen (secondary N) is 2. The van der Waals surface area contributed by atoms with Gasteiger partial charge in [0.05, 0.1) is 12.1 Å². The molecule has 6 heteroatoms. The van der Waals surface area contributed by atoms with Crippen molar-refractivity contribution < 1.29 is 14.7 Å². The lowest BCUT2D eigenvalue weighted by Gasteiger charge is -2.05. The lowest BCUT2D eigenvalue weighted by Crippen LogP contribution is -2.29. The first-order valence-electron chi connectivity index (χ1n) is 4.83. The fourth-order valence-electron chi connectivity index (χ4n) is 1.06. The second kappa shape index (κ2) is 5.69. The zero-order valence-electron chi connectivity index (χ0n) is 8.86. The first-order valence-corrected chi connectivity index (χ1v) is 4.83. The molecule has 1 aromatic rings. The zero-order valence-corrected chi connectivity index (χ0v) is 8.86. The summed E-state index contributed by atoms with van der Waals surface area (Å²) >= 11 is 0. The molecule has 0 atom stereocenters. The summed E-state index contributed by atoms with van der Waals surface area (Å²) in [5.41, 5.74) is 0.114. The first-order chi connectivity index (χ1) is 7.63. The maximum atomic E-state index is 11.1. The van der Waals surface area contributed by atoms with Crippen molar-refractivity contribution in [2.75, 3.05) is 18.4 Å². The molecule has 0 spiro atoms. The number of anilines is 1. The van der Waals surface area contributed by atoms with Crippen LogP contribution in [0.15, 0.2) is 18.3 Å². The SMILES string of the molecule is CCNC(=O)CNc1ccc(C(=O)O)cn1. The Balaban J connectivity index is 2.49. The molecular formula is C10H13N3O3. The quantitative estimate of drug-likeness (QED) is 0.669. The van der Waals surface area contributed by atoms with Crippen LogP contribution in [-0.4, -0.2) is 35.1 Å². The molecular weight excluding hydrogens is 210 g/mol. The number of rotatable bonds is 5. The van der Waals surface area contributed by atoms with Crippen LogP contribution < -0.4 is 10.6 Å². The largest absolute Gasteiger partial charge is 0.478 e. The third-order valence-electron chi connectivity index (χ3n) is 1.81. The van der Waals surface area contributed by atoms with Gasteiger partial charge < -0.3 is 15.7 Å². The van der Waals surface area contributed by atoms with Crippen molar-refractivity contribution in [3.63, 3.8) is 0 Å². The van der Waals surface area contributed by atoms with Gasteiger partial charge >= 0.3 is 5.97 Å². The number of amides is 1.